The monoisotopic (exact) mass is 259 g/mol. The first-order chi connectivity index (χ1) is 9.24. The first kappa shape index (κ1) is 13.0. The molecule has 2 aliphatic rings. The van der Waals surface area contributed by atoms with E-state index in [2.05, 4.69) is 43.4 Å². The Morgan fingerprint density at radius 3 is 2.58 bits per heavy atom. The molecule has 1 N–H and O–H groups in total. The molecule has 1 aromatic carbocycles. The van der Waals surface area contributed by atoms with Crippen LogP contribution >= 0.6 is 0 Å². The minimum atomic E-state index is 0.461. The van der Waals surface area contributed by atoms with Crippen molar-refractivity contribution in [3.8, 4) is 5.75 Å². The first-order valence-electron chi connectivity index (χ1n) is 7.72. The number of hydrogen-bond acceptors (Lipinski definition) is 2. The first-order valence-corrected chi connectivity index (χ1v) is 7.72. The van der Waals surface area contributed by atoms with Crippen LogP contribution in [0.2, 0.25) is 0 Å². The van der Waals surface area contributed by atoms with Gasteiger partial charge in [0.2, 0.25) is 0 Å². The van der Waals surface area contributed by atoms with Crippen LogP contribution in [0.15, 0.2) is 24.3 Å². The van der Waals surface area contributed by atoms with E-state index < -0.39 is 0 Å². The zero-order valence-electron chi connectivity index (χ0n) is 12.1. The van der Waals surface area contributed by atoms with Gasteiger partial charge in [0.05, 0.1) is 6.61 Å². The SMILES string of the molecule is CC1CCC(NC2c3ccccc3OCC2C)CC1. The van der Waals surface area contributed by atoms with Crippen LogP contribution in [0, 0.1) is 11.8 Å². The Bertz CT molecular complexity index is 423. The van der Waals surface area contributed by atoms with Crippen molar-refractivity contribution < 1.29 is 4.74 Å². The highest BCUT2D eigenvalue weighted by atomic mass is 16.5. The molecule has 1 aliphatic carbocycles. The molecule has 1 saturated carbocycles. The fourth-order valence-electron chi connectivity index (χ4n) is 3.43. The van der Waals surface area contributed by atoms with E-state index in [4.69, 9.17) is 4.74 Å². The maximum absolute atomic E-state index is 5.83. The van der Waals surface area contributed by atoms with Crippen molar-refractivity contribution >= 4 is 0 Å². The summed E-state index contributed by atoms with van der Waals surface area (Å²) < 4.78 is 5.83. The van der Waals surface area contributed by atoms with Gasteiger partial charge in [-0.1, -0.05) is 32.0 Å². The van der Waals surface area contributed by atoms with Crippen LogP contribution in [-0.4, -0.2) is 12.6 Å². The standard InChI is InChI=1S/C17H25NO/c1-12-7-9-14(10-8-12)18-17-13(2)11-19-16-6-4-3-5-15(16)17/h3-6,12-14,17-18H,7-11H2,1-2H3. The van der Waals surface area contributed by atoms with E-state index in [-0.39, 0.29) is 0 Å². The van der Waals surface area contributed by atoms with E-state index in [0.717, 1.165) is 18.3 Å². The van der Waals surface area contributed by atoms with Gasteiger partial charge in [0.15, 0.2) is 0 Å². The van der Waals surface area contributed by atoms with Gasteiger partial charge in [0, 0.05) is 23.6 Å². The van der Waals surface area contributed by atoms with Crippen molar-refractivity contribution in [3.63, 3.8) is 0 Å². The van der Waals surface area contributed by atoms with Crippen LogP contribution in [-0.2, 0) is 0 Å². The number of para-hydroxylation sites is 1. The Morgan fingerprint density at radius 1 is 1.05 bits per heavy atom. The Balaban J connectivity index is 1.73. The molecule has 3 rings (SSSR count). The lowest BCUT2D eigenvalue weighted by Gasteiger charge is -2.37. The summed E-state index contributed by atoms with van der Waals surface area (Å²) >= 11 is 0. The van der Waals surface area contributed by atoms with Crippen LogP contribution in [0.1, 0.15) is 51.1 Å². The summed E-state index contributed by atoms with van der Waals surface area (Å²) in [5, 5.41) is 3.90. The lowest BCUT2D eigenvalue weighted by Crippen LogP contribution is -2.41. The fourth-order valence-corrected chi connectivity index (χ4v) is 3.43. The Kier molecular flexibility index (Phi) is 3.79. The molecule has 1 aliphatic heterocycles. The van der Waals surface area contributed by atoms with Gasteiger partial charge in [-0.3, -0.25) is 0 Å². The second-order valence-corrected chi connectivity index (χ2v) is 6.43. The third kappa shape index (κ3) is 2.79. The van der Waals surface area contributed by atoms with Crippen molar-refractivity contribution in [1.82, 2.24) is 5.32 Å². The number of fused-ring (bicyclic) bond motifs is 1. The van der Waals surface area contributed by atoms with E-state index in [0.29, 0.717) is 18.0 Å². The molecule has 1 fully saturated rings. The molecular formula is C17H25NO. The van der Waals surface area contributed by atoms with E-state index in [1.54, 1.807) is 0 Å². The summed E-state index contributed by atoms with van der Waals surface area (Å²) in [5.41, 5.74) is 1.35. The quantitative estimate of drug-likeness (QED) is 0.869. The highest BCUT2D eigenvalue weighted by Gasteiger charge is 2.30. The second kappa shape index (κ2) is 5.54. The molecule has 2 unspecified atom stereocenters. The molecule has 2 heteroatoms. The number of rotatable bonds is 2. The largest absolute Gasteiger partial charge is 0.493 e. The van der Waals surface area contributed by atoms with Crippen molar-refractivity contribution in [3.05, 3.63) is 29.8 Å². The third-order valence-electron chi connectivity index (χ3n) is 4.76. The molecule has 0 aromatic heterocycles. The van der Waals surface area contributed by atoms with Gasteiger partial charge in [-0.05, 0) is 37.7 Å². The van der Waals surface area contributed by atoms with Gasteiger partial charge in [-0.2, -0.15) is 0 Å². The molecule has 0 bridgehead atoms. The minimum Gasteiger partial charge on any atom is -0.493 e. The summed E-state index contributed by atoms with van der Waals surface area (Å²) in [6.45, 7) is 5.50. The molecule has 0 spiro atoms. The normalized spacial score (nSPS) is 34.4. The fraction of sp³-hybridized carbons (Fsp3) is 0.647. The highest BCUT2D eigenvalue weighted by molar-refractivity contribution is 5.38. The molecule has 104 valence electrons. The van der Waals surface area contributed by atoms with Gasteiger partial charge in [-0.15, -0.1) is 0 Å². The van der Waals surface area contributed by atoms with E-state index in [1.807, 2.05) is 0 Å². The van der Waals surface area contributed by atoms with Crippen molar-refractivity contribution in [2.24, 2.45) is 11.8 Å². The topological polar surface area (TPSA) is 21.3 Å². The Hall–Kier alpha value is -1.02. The zero-order chi connectivity index (χ0) is 13.2. The van der Waals surface area contributed by atoms with Crippen molar-refractivity contribution in [2.75, 3.05) is 6.61 Å². The molecule has 0 radical (unpaired) electrons. The van der Waals surface area contributed by atoms with E-state index >= 15 is 0 Å². The molecular weight excluding hydrogens is 234 g/mol. The average Bonchev–Trinajstić information content (AvgIpc) is 2.44. The smallest absolute Gasteiger partial charge is 0.124 e. The molecule has 19 heavy (non-hydrogen) atoms. The van der Waals surface area contributed by atoms with Crippen LogP contribution in [0.4, 0.5) is 0 Å². The summed E-state index contributed by atoms with van der Waals surface area (Å²) in [4.78, 5) is 0. The van der Waals surface area contributed by atoms with Gasteiger partial charge in [0.25, 0.3) is 0 Å². The van der Waals surface area contributed by atoms with Crippen LogP contribution in [0.5, 0.6) is 5.75 Å². The maximum atomic E-state index is 5.83. The Labute approximate surface area is 116 Å². The number of benzene rings is 1. The highest BCUT2D eigenvalue weighted by Crippen LogP contribution is 2.36. The van der Waals surface area contributed by atoms with E-state index in [9.17, 15) is 0 Å². The predicted octanol–water partition coefficient (Wildman–Crippen LogP) is 3.92. The number of nitrogens with one attached hydrogen (secondary N) is 1. The summed E-state index contributed by atoms with van der Waals surface area (Å²) in [5.74, 6) is 2.54. The summed E-state index contributed by atoms with van der Waals surface area (Å²) in [7, 11) is 0. The Morgan fingerprint density at radius 2 is 1.79 bits per heavy atom. The minimum absolute atomic E-state index is 0.461. The maximum Gasteiger partial charge on any atom is 0.124 e. The number of ether oxygens (including phenoxy) is 1. The van der Waals surface area contributed by atoms with Gasteiger partial charge < -0.3 is 10.1 Å². The van der Waals surface area contributed by atoms with Gasteiger partial charge in [-0.25, -0.2) is 0 Å². The van der Waals surface area contributed by atoms with Gasteiger partial charge >= 0.3 is 0 Å². The van der Waals surface area contributed by atoms with Crippen molar-refractivity contribution in [2.45, 2.75) is 51.6 Å². The van der Waals surface area contributed by atoms with Crippen LogP contribution in [0.25, 0.3) is 0 Å². The molecule has 0 saturated heterocycles. The average molecular weight is 259 g/mol. The summed E-state index contributed by atoms with van der Waals surface area (Å²) in [6, 6.07) is 9.65. The zero-order valence-corrected chi connectivity index (χ0v) is 12.1. The molecule has 2 atom stereocenters. The third-order valence-corrected chi connectivity index (χ3v) is 4.76. The molecule has 1 aromatic rings. The summed E-state index contributed by atoms with van der Waals surface area (Å²) in [6.07, 6.45) is 5.40. The predicted molar refractivity (Wildman–Crippen MR) is 78.4 cm³/mol. The van der Waals surface area contributed by atoms with Gasteiger partial charge in [0.1, 0.15) is 5.75 Å². The molecule has 2 nitrogen and oxygen atoms in total. The lowest BCUT2D eigenvalue weighted by molar-refractivity contribution is 0.168. The molecule has 1 heterocycles. The lowest BCUT2D eigenvalue weighted by atomic mass is 9.85. The number of hydrogen-bond donors (Lipinski definition) is 1. The second-order valence-electron chi connectivity index (χ2n) is 6.43. The molecule has 0 amide bonds. The van der Waals surface area contributed by atoms with Crippen LogP contribution in [0.3, 0.4) is 0 Å². The van der Waals surface area contributed by atoms with Crippen LogP contribution < -0.4 is 10.1 Å². The van der Waals surface area contributed by atoms with E-state index in [1.165, 1.54) is 31.2 Å². The van der Waals surface area contributed by atoms with Crippen molar-refractivity contribution in [1.29, 1.82) is 0 Å².